The maximum atomic E-state index is 3.36. The van der Waals surface area contributed by atoms with Crippen LogP contribution in [0, 0.1) is 5.92 Å². The number of rotatable bonds is 3. The van der Waals surface area contributed by atoms with Crippen molar-refractivity contribution in [3.05, 3.63) is 29.8 Å². The highest BCUT2D eigenvalue weighted by Crippen LogP contribution is 2.30. The van der Waals surface area contributed by atoms with Gasteiger partial charge in [0, 0.05) is 18.3 Å². The first-order valence-electron chi connectivity index (χ1n) is 6.90. The van der Waals surface area contributed by atoms with E-state index in [-0.39, 0.29) is 0 Å². The highest BCUT2D eigenvalue weighted by Gasteiger charge is 2.24. The molecule has 17 heavy (non-hydrogen) atoms. The summed E-state index contributed by atoms with van der Waals surface area (Å²) >= 11 is 0. The molecule has 92 valence electrons. The minimum atomic E-state index is 0.706. The molecule has 0 saturated carbocycles. The number of hydrogen-bond acceptors (Lipinski definition) is 2. The van der Waals surface area contributed by atoms with Crippen molar-refractivity contribution in [2.45, 2.75) is 32.2 Å². The van der Waals surface area contributed by atoms with Gasteiger partial charge < -0.3 is 10.2 Å². The number of nitrogens with one attached hydrogen (secondary N) is 1. The van der Waals surface area contributed by atoms with Crippen LogP contribution < -0.4 is 10.2 Å². The Labute approximate surface area is 104 Å². The van der Waals surface area contributed by atoms with E-state index in [0.29, 0.717) is 6.04 Å². The van der Waals surface area contributed by atoms with Crippen molar-refractivity contribution in [1.82, 2.24) is 5.32 Å². The van der Waals surface area contributed by atoms with Crippen LogP contribution in [-0.2, 0) is 6.42 Å². The van der Waals surface area contributed by atoms with Crippen molar-refractivity contribution in [2.75, 3.05) is 24.5 Å². The van der Waals surface area contributed by atoms with Crippen LogP contribution in [0.4, 0.5) is 5.69 Å². The maximum absolute atomic E-state index is 3.36. The number of benzene rings is 1. The van der Waals surface area contributed by atoms with Crippen molar-refractivity contribution >= 4 is 5.69 Å². The van der Waals surface area contributed by atoms with E-state index in [1.54, 1.807) is 0 Å². The Bertz CT molecular complexity index is 384. The second-order valence-electron chi connectivity index (χ2n) is 5.52. The maximum Gasteiger partial charge on any atom is 0.0401 e. The third kappa shape index (κ3) is 2.19. The Morgan fingerprint density at radius 3 is 2.88 bits per heavy atom. The molecule has 0 spiro atoms. The molecule has 0 bridgehead atoms. The second-order valence-corrected chi connectivity index (χ2v) is 5.52. The summed E-state index contributed by atoms with van der Waals surface area (Å²) in [5, 5.41) is 3.36. The van der Waals surface area contributed by atoms with Crippen LogP contribution in [0.15, 0.2) is 24.3 Å². The summed E-state index contributed by atoms with van der Waals surface area (Å²) in [5.41, 5.74) is 3.02. The summed E-state index contributed by atoms with van der Waals surface area (Å²) in [6, 6.07) is 9.64. The number of para-hydroxylation sites is 1. The van der Waals surface area contributed by atoms with Crippen molar-refractivity contribution in [2.24, 2.45) is 5.92 Å². The Morgan fingerprint density at radius 1 is 1.29 bits per heavy atom. The molecule has 2 aliphatic heterocycles. The summed E-state index contributed by atoms with van der Waals surface area (Å²) in [7, 11) is 0. The van der Waals surface area contributed by atoms with Crippen molar-refractivity contribution < 1.29 is 0 Å². The average Bonchev–Trinajstić information content (AvgIpc) is 2.30. The van der Waals surface area contributed by atoms with E-state index >= 15 is 0 Å². The van der Waals surface area contributed by atoms with Gasteiger partial charge in [-0.15, -0.1) is 0 Å². The molecule has 0 radical (unpaired) electrons. The van der Waals surface area contributed by atoms with Gasteiger partial charge in [-0.3, -0.25) is 0 Å². The van der Waals surface area contributed by atoms with E-state index in [0.717, 1.165) is 5.92 Å². The van der Waals surface area contributed by atoms with Crippen molar-refractivity contribution in [3.8, 4) is 0 Å². The highest BCUT2D eigenvalue weighted by atomic mass is 15.2. The molecule has 1 unspecified atom stereocenters. The molecule has 1 aromatic carbocycles. The first-order chi connectivity index (χ1) is 8.34. The van der Waals surface area contributed by atoms with Crippen LogP contribution >= 0.6 is 0 Å². The normalized spacial score (nSPS) is 24.3. The molecule has 1 fully saturated rings. The van der Waals surface area contributed by atoms with E-state index in [4.69, 9.17) is 0 Å². The lowest BCUT2D eigenvalue weighted by Crippen LogP contribution is -2.45. The zero-order chi connectivity index (χ0) is 11.7. The Balaban J connectivity index is 1.72. The van der Waals surface area contributed by atoms with E-state index in [1.165, 1.54) is 50.1 Å². The molecule has 0 amide bonds. The van der Waals surface area contributed by atoms with Gasteiger partial charge >= 0.3 is 0 Å². The lowest BCUT2D eigenvalue weighted by Gasteiger charge is -2.39. The fraction of sp³-hybridized carbons (Fsp3) is 0.600. The van der Waals surface area contributed by atoms with Crippen molar-refractivity contribution in [1.29, 1.82) is 0 Å². The number of nitrogens with zero attached hydrogens (tertiary/aromatic N) is 1. The largest absolute Gasteiger partial charge is 0.369 e. The Hall–Kier alpha value is -1.02. The number of hydrogen-bond donors (Lipinski definition) is 1. The minimum absolute atomic E-state index is 0.706. The number of fused-ring (bicyclic) bond motifs is 1. The zero-order valence-electron chi connectivity index (χ0n) is 10.7. The minimum Gasteiger partial charge on any atom is -0.369 e. The molecule has 0 aromatic heterocycles. The fourth-order valence-electron chi connectivity index (χ4n) is 2.98. The summed E-state index contributed by atoms with van der Waals surface area (Å²) in [6.07, 6.45) is 3.89. The van der Waals surface area contributed by atoms with Crippen LogP contribution in [0.3, 0.4) is 0 Å². The van der Waals surface area contributed by atoms with Crippen LogP contribution in [0.2, 0.25) is 0 Å². The van der Waals surface area contributed by atoms with E-state index in [2.05, 4.69) is 41.4 Å². The molecule has 3 rings (SSSR count). The molecule has 1 atom stereocenters. The van der Waals surface area contributed by atoms with Crippen LogP contribution in [0.25, 0.3) is 0 Å². The molecule has 2 aliphatic rings. The molecule has 2 heterocycles. The molecule has 2 nitrogen and oxygen atoms in total. The Morgan fingerprint density at radius 2 is 2.12 bits per heavy atom. The molecule has 0 aliphatic carbocycles. The van der Waals surface area contributed by atoms with E-state index in [1.807, 2.05) is 0 Å². The summed E-state index contributed by atoms with van der Waals surface area (Å²) < 4.78 is 0. The topological polar surface area (TPSA) is 15.3 Å². The standard InChI is InChI=1S/C15H22N2/c1-12-6-7-14-4-2-3-5-15(14)17(12)9-8-13-10-16-11-13/h2-5,12-13,16H,6-11H2,1H3. The first-order valence-corrected chi connectivity index (χ1v) is 6.90. The molecule has 2 heteroatoms. The van der Waals surface area contributed by atoms with Gasteiger partial charge in [-0.2, -0.15) is 0 Å². The summed E-state index contributed by atoms with van der Waals surface area (Å²) in [5.74, 6) is 0.913. The molecule has 1 N–H and O–H groups in total. The van der Waals surface area contributed by atoms with Gasteiger partial charge in [0.25, 0.3) is 0 Å². The smallest absolute Gasteiger partial charge is 0.0401 e. The van der Waals surface area contributed by atoms with Crippen LogP contribution in [0.5, 0.6) is 0 Å². The summed E-state index contributed by atoms with van der Waals surface area (Å²) in [4.78, 5) is 2.62. The van der Waals surface area contributed by atoms with Gasteiger partial charge in [0.2, 0.25) is 0 Å². The van der Waals surface area contributed by atoms with Gasteiger partial charge in [0.15, 0.2) is 0 Å². The van der Waals surface area contributed by atoms with Crippen LogP contribution in [-0.4, -0.2) is 25.7 Å². The Kier molecular flexibility index (Phi) is 3.06. The van der Waals surface area contributed by atoms with E-state index in [9.17, 15) is 0 Å². The molecular weight excluding hydrogens is 208 g/mol. The van der Waals surface area contributed by atoms with Gasteiger partial charge in [0.1, 0.15) is 0 Å². The predicted octanol–water partition coefficient (Wildman–Crippen LogP) is 2.44. The molecular formula is C15H22N2. The number of anilines is 1. The van der Waals surface area contributed by atoms with Gasteiger partial charge in [-0.1, -0.05) is 18.2 Å². The monoisotopic (exact) mass is 230 g/mol. The van der Waals surface area contributed by atoms with Gasteiger partial charge in [-0.05, 0) is 56.8 Å². The third-order valence-electron chi connectivity index (χ3n) is 4.31. The first kappa shape index (κ1) is 11.1. The average molecular weight is 230 g/mol. The SMILES string of the molecule is CC1CCc2ccccc2N1CCC1CNC1. The van der Waals surface area contributed by atoms with E-state index < -0.39 is 0 Å². The predicted molar refractivity (Wildman–Crippen MR) is 72.5 cm³/mol. The van der Waals surface area contributed by atoms with Gasteiger partial charge in [0.05, 0.1) is 0 Å². The lowest BCUT2D eigenvalue weighted by atomic mass is 9.94. The quantitative estimate of drug-likeness (QED) is 0.858. The second kappa shape index (κ2) is 4.69. The number of aryl methyl sites for hydroxylation is 1. The summed E-state index contributed by atoms with van der Waals surface area (Å²) in [6.45, 7) is 6.05. The lowest BCUT2D eigenvalue weighted by molar-refractivity contribution is 0.324. The van der Waals surface area contributed by atoms with Crippen LogP contribution in [0.1, 0.15) is 25.3 Å². The highest BCUT2D eigenvalue weighted by molar-refractivity contribution is 5.56. The molecule has 1 aromatic rings. The third-order valence-corrected chi connectivity index (χ3v) is 4.31. The fourth-order valence-corrected chi connectivity index (χ4v) is 2.98. The van der Waals surface area contributed by atoms with Gasteiger partial charge in [-0.25, -0.2) is 0 Å². The zero-order valence-corrected chi connectivity index (χ0v) is 10.7. The molecule has 1 saturated heterocycles. The van der Waals surface area contributed by atoms with Crippen molar-refractivity contribution in [3.63, 3.8) is 0 Å².